The lowest BCUT2D eigenvalue weighted by atomic mass is 9.85. The van der Waals surface area contributed by atoms with E-state index in [0.29, 0.717) is 12.2 Å². The van der Waals surface area contributed by atoms with Gasteiger partial charge in [-0.25, -0.2) is 4.79 Å². The molecule has 1 N–H and O–H groups in total. The molecule has 0 aliphatic heterocycles. The van der Waals surface area contributed by atoms with Crippen LogP contribution in [0.25, 0.3) is 0 Å². The number of hydrogen-bond acceptors (Lipinski definition) is 6. The first-order valence-electron chi connectivity index (χ1n) is 12.3. The highest BCUT2D eigenvalue weighted by molar-refractivity contribution is 7.99. The number of carbonyl (C=O) groups excluding carboxylic acids is 3. The fraction of sp³-hybridized carbons (Fsp3) is 0.607. The Hall–Kier alpha value is -2.32. The third-order valence-electron chi connectivity index (χ3n) is 5.92. The normalized spacial score (nSPS) is 14.2. The molecule has 0 fully saturated rings. The van der Waals surface area contributed by atoms with Gasteiger partial charge in [0.05, 0.1) is 6.61 Å². The van der Waals surface area contributed by atoms with E-state index in [9.17, 15) is 14.4 Å². The lowest BCUT2D eigenvalue weighted by Gasteiger charge is -2.40. The summed E-state index contributed by atoms with van der Waals surface area (Å²) < 4.78 is 4.59. The zero-order valence-electron chi connectivity index (χ0n) is 23.7. The molecule has 0 heterocycles. The van der Waals surface area contributed by atoms with Crippen molar-refractivity contribution in [2.24, 2.45) is 5.41 Å². The molecule has 0 aliphatic carbocycles. The smallest absolute Gasteiger partial charge is 0.333 e. The Morgan fingerprint density at radius 3 is 2.14 bits per heavy atom. The van der Waals surface area contributed by atoms with Crippen LogP contribution in [0, 0.1) is 5.41 Å². The summed E-state index contributed by atoms with van der Waals surface area (Å²) in [7, 11) is 5.45. The largest absolute Gasteiger partial charge is 0.463 e. The number of nitrogens with one attached hydrogen (secondary N) is 1. The fourth-order valence-corrected chi connectivity index (χ4v) is 5.08. The molecule has 202 valence electrons. The van der Waals surface area contributed by atoms with Crippen LogP contribution in [0.5, 0.6) is 0 Å². The number of amides is 2. The number of rotatable bonds is 12. The fourth-order valence-electron chi connectivity index (χ4n) is 3.88. The van der Waals surface area contributed by atoms with Gasteiger partial charge in [0.25, 0.3) is 0 Å². The van der Waals surface area contributed by atoms with Crippen LogP contribution in [-0.4, -0.2) is 78.7 Å². The van der Waals surface area contributed by atoms with Gasteiger partial charge in [0.1, 0.15) is 12.1 Å². The van der Waals surface area contributed by atoms with E-state index < -0.39 is 28.2 Å². The molecular weight excluding hydrogens is 474 g/mol. The molecule has 0 spiro atoms. The van der Waals surface area contributed by atoms with E-state index in [2.05, 4.69) is 31.3 Å². The molecule has 0 saturated heterocycles. The maximum atomic E-state index is 13.6. The molecule has 2 unspecified atom stereocenters. The quantitative estimate of drug-likeness (QED) is 0.331. The molecule has 1 aromatic rings. The van der Waals surface area contributed by atoms with Gasteiger partial charge in [-0.1, -0.05) is 57.2 Å². The SMILES string of the molecule is CCOC(=O)/C(C)=C/CN(C)C(=O)C(NC(=O)C(N(C)C)C(C)(C)SCc1ccccc1)C(C)(C)C. The van der Waals surface area contributed by atoms with Crippen molar-refractivity contribution in [2.45, 2.75) is 71.0 Å². The summed E-state index contributed by atoms with van der Waals surface area (Å²) in [6.45, 7) is 13.9. The number of thioether (sulfide) groups is 1. The molecule has 36 heavy (non-hydrogen) atoms. The first-order chi connectivity index (χ1) is 16.6. The van der Waals surface area contributed by atoms with Crippen molar-refractivity contribution >= 4 is 29.5 Å². The van der Waals surface area contributed by atoms with E-state index >= 15 is 0 Å². The molecule has 1 rings (SSSR count). The Labute approximate surface area is 222 Å². The van der Waals surface area contributed by atoms with E-state index in [1.807, 2.05) is 58.0 Å². The summed E-state index contributed by atoms with van der Waals surface area (Å²) in [6, 6.07) is 8.98. The standard InChI is InChI=1S/C28H45N3O4S/c1-11-35-26(34)20(2)17-18-31(10)25(33)22(27(3,4)5)29-24(32)23(30(8)9)28(6,7)36-19-21-15-13-12-14-16-21/h12-17,22-23H,11,18-19H2,1-10H3,(H,29,32)/b20-17+. The third kappa shape index (κ3) is 9.62. The van der Waals surface area contributed by atoms with Crippen LogP contribution in [0.15, 0.2) is 42.0 Å². The van der Waals surface area contributed by atoms with Crippen molar-refractivity contribution in [3.05, 3.63) is 47.5 Å². The summed E-state index contributed by atoms with van der Waals surface area (Å²) in [6.07, 6.45) is 1.67. The number of likely N-dealkylation sites (N-methyl/N-ethyl adjacent to an activating group) is 2. The average Bonchev–Trinajstić information content (AvgIpc) is 2.78. The number of ether oxygens (including phenoxy) is 1. The van der Waals surface area contributed by atoms with Gasteiger partial charge in [0.15, 0.2) is 0 Å². The van der Waals surface area contributed by atoms with E-state index in [0.717, 1.165) is 5.75 Å². The molecule has 7 nitrogen and oxygen atoms in total. The molecule has 0 radical (unpaired) electrons. The Bertz CT molecular complexity index is 907. The Kier molecular flexibility index (Phi) is 12.2. The van der Waals surface area contributed by atoms with Crippen molar-refractivity contribution in [1.29, 1.82) is 0 Å². The second-order valence-corrected chi connectivity index (χ2v) is 12.5. The number of benzene rings is 1. The maximum Gasteiger partial charge on any atom is 0.333 e. The average molecular weight is 520 g/mol. The highest BCUT2D eigenvalue weighted by Gasteiger charge is 2.41. The van der Waals surface area contributed by atoms with Gasteiger partial charge in [0.2, 0.25) is 11.8 Å². The second-order valence-electron chi connectivity index (χ2n) is 10.9. The molecule has 2 amide bonds. The highest BCUT2D eigenvalue weighted by Crippen LogP contribution is 2.34. The minimum Gasteiger partial charge on any atom is -0.463 e. The van der Waals surface area contributed by atoms with Gasteiger partial charge < -0.3 is 15.0 Å². The molecule has 0 bridgehead atoms. The van der Waals surface area contributed by atoms with Crippen LogP contribution >= 0.6 is 11.8 Å². The van der Waals surface area contributed by atoms with Crippen molar-refractivity contribution < 1.29 is 19.1 Å². The Balaban J connectivity index is 3.04. The number of esters is 1. The molecular formula is C28H45N3O4S. The van der Waals surface area contributed by atoms with Crippen molar-refractivity contribution in [3.8, 4) is 0 Å². The highest BCUT2D eigenvalue weighted by atomic mass is 32.2. The summed E-state index contributed by atoms with van der Waals surface area (Å²) in [5.41, 5.74) is 1.13. The van der Waals surface area contributed by atoms with Gasteiger partial charge in [-0.3, -0.25) is 14.5 Å². The van der Waals surface area contributed by atoms with E-state index in [1.165, 1.54) is 10.5 Å². The maximum absolute atomic E-state index is 13.6. The van der Waals surface area contributed by atoms with Gasteiger partial charge >= 0.3 is 5.97 Å². The molecule has 0 aliphatic rings. The molecule has 8 heteroatoms. The summed E-state index contributed by atoms with van der Waals surface area (Å²) in [4.78, 5) is 42.4. The van der Waals surface area contributed by atoms with Crippen LogP contribution in [-0.2, 0) is 24.9 Å². The zero-order chi connectivity index (χ0) is 27.7. The van der Waals surface area contributed by atoms with Gasteiger partial charge in [-0.05, 0) is 52.8 Å². The van der Waals surface area contributed by atoms with E-state index in [1.54, 1.807) is 38.7 Å². The lowest BCUT2D eigenvalue weighted by Crippen LogP contribution is -2.61. The summed E-state index contributed by atoms with van der Waals surface area (Å²) in [5.74, 6) is -0.0216. The lowest BCUT2D eigenvalue weighted by molar-refractivity contribution is -0.140. The summed E-state index contributed by atoms with van der Waals surface area (Å²) in [5, 5.41) is 3.06. The predicted octanol–water partition coefficient (Wildman–Crippen LogP) is 4.13. The number of nitrogens with zero attached hydrogens (tertiary/aromatic N) is 2. The molecule has 0 saturated carbocycles. The monoisotopic (exact) mass is 519 g/mol. The molecule has 2 atom stereocenters. The summed E-state index contributed by atoms with van der Waals surface area (Å²) >= 11 is 1.71. The van der Waals surface area contributed by atoms with Crippen molar-refractivity contribution in [1.82, 2.24) is 15.1 Å². The first kappa shape index (κ1) is 31.7. The van der Waals surface area contributed by atoms with Gasteiger partial charge in [-0.2, -0.15) is 0 Å². The minimum absolute atomic E-state index is 0.189. The van der Waals surface area contributed by atoms with E-state index in [4.69, 9.17) is 4.74 Å². The van der Waals surface area contributed by atoms with Crippen LogP contribution in [0.2, 0.25) is 0 Å². The molecule has 0 aromatic heterocycles. The number of carbonyl (C=O) groups is 3. The third-order valence-corrected chi connectivity index (χ3v) is 7.37. The zero-order valence-corrected chi connectivity index (χ0v) is 24.5. The van der Waals surface area contributed by atoms with Crippen molar-refractivity contribution in [2.75, 3.05) is 34.3 Å². The van der Waals surface area contributed by atoms with E-state index in [-0.39, 0.29) is 18.4 Å². The molecule has 1 aromatic carbocycles. The van der Waals surface area contributed by atoms with Crippen LogP contribution in [0.1, 0.15) is 54.0 Å². The first-order valence-corrected chi connectivity index (χ1v) is 13.3. The topological polar surface area (TPSA) is 79.0 Å². The van der Waals surface area contributed by atoms with Crippen LogP contribution in [0.3, 0.4) is 0 Å². The Morgan fingerprint density at radius 2 is 1.64 bits per heavy atom. The second kappa shape index (κ2) is 13.8. The van der Waals surface area contributed by atoms with Crippen molar-refractivity contribution in [3.63, 3.8) is 0 Å². The predicted molar refractivity (Wildman–Crippen MR) is 149 cm³/mol. The van der Waals surface area contributed by atoms with Gasteiger partial charge in [-0.15, -0.1) is 11.8 Å². The van der Waals surface area contributed by atoms with Crippen LogP contribution < -0.4 is 5.32 Å². The van der Waals surface area contributed by atoms with Gasteiger partial charge in [0, 0.05) is 29.7 Å². The minimum atomic E-state index is -0.733. The Morgan fingerprint density at radius 1 is 1.06 bits per heavy atom. The number of hydrogen-bond donors (Lipinski definition) is 1. The van der Waals surface area contributed by atoms with Crippen LogP contribution in [0.4, 0.5) is 0 Å².